The number of hydrazine groups is 1. The molecule has 1 N–H and O–H groups in total. The number of hydrogen-bond donors (Lipinski definition) is 1. The summed E-state index contributed by atoms with van der Waals surface area (Å²) in [5.41, 5.74) is 5.14. The molecular weight excluding hydrogens is 188 g/mol. The Balaban J connectivity index is 1.87. The van der Waals surface area contributed by atoms with Gasteiger partial charge in [0, 0.05) is 11.3 Å². The molecule has 0 radical (unpaired) electrons. The van der Waals surface area contributed by atoms with E-state index in [1.54, 1.807) is 0 Å². The third-order valence-electron chi connectivity index (χ3n) is 4.91. The van der Waals surface area contributed by atoms with Gasteiger partial charge in [-0.05, 0) is 6.92 Å². The fourth-order valence-electron chi connectivity index (χ4n) is 3.98. The highest BCUT2D eigenvalue weighted by molar-refractivity contribution is 5.67. The summed E-state index contributed by atoms with van der Waals surface area (Å²) in [6.07, 6.45) is 7.84. The van der Waals surface area contributed by atoms with Crippen LogP contribution in [0.1, 0.15) is 13.8 Å². The van der Waals surface area contributed by atoms with Crippen molar-refractivity contribution < 1.29 is 4.79 Å². The second-order valence-electron chi connectivity index (χ2n) is 5.44. The lowest BCUT2D eigenvalue weighted by atomic mass is 9.77. The van der Waals surface area contributed by atoms with Crippen molar-refractivity contribution in [1.29, 1.82) is 0 Å². The highest BCUT2D eigenvalue weighted by Crippen LogP contribution is 2.82. The molecule has 0 amide bonds. The Morgan fingerprint density at radius 3 is 3.13 bits per heavy atom. The molecule has 1 spiro atoms. The van der Waals surface area contributed by atoms with Gasteiger partial charge in [0.15, 0.2) is 0 Å². The average Bonchev–Trinajstić information content (AvgIpc) is 3.04. The molecule has 3 heterocycles. The third kappa shape index (κ3) is 0.591. The van der Waals surface area contributed by atoms with Crippen LogP contribution in [-0.4, -0.2) is 28.9 Å². The van der Waals surface area contributed by atoms with Crippen LogP contribution >= 0.6 is 0 Å². The molecule has 78 valence electrons. The summed E-state index contributed by atoms with van der Waals surface area (Å²) in [6, 6.07) is 0.600. The lowest BCUT2D eigenvalue weighted by Crippen LogP contribution is -2.60. The normalized spacial score (nSPS) is 62.7. The van der Waals surface area contributed by atoms with Crippen LogP contribution in [-0.2, 0) is 4.79 Å². The Hall–Kier alpha value is -0.930. The van der Waals surface area contributed by atoms with Gasteiger partial charge < -0.3 is 4.79 Å². The summed E-state index contributed by atoms with van der Waals surface area (Å²) >= 11 is 0. The molecular formula is C12H14N2O. The van der Waals surface area contributed by atoms with Crippen molar-refractivity contribution >= 4 is 6.29 Å². The number of rotatable bonds is 1. The van der Waals surface area contributed by atoms with Gasteiger partial charge in [-0.1, -0.05) is 30.7 Å². The quantitative estimate of drug-likeness (QED) is 0.500. The van der Waals surface area contributed by atoms with Crippen LogP contribution in [0.4, 0.5) is 0 Å². The van der Waals surface area contributed by atoms with Gasteiger partial charge in [-0.25, -0.2) is 10.4 Å². The number of nitrogens with zero attached hydrogens (tertiary/aromatic N) is 1. The smallest absolute Gasteiger partial charge is 0.138 e. The molecule has 3 unspecified atom stereocenters. The molecule has 15 heavy (non-hydrogen) atoms. The van der Waals surface area contributed by atoms with Crippen LogP contribution in [0.5, 0.6) is 0 Å². The summed E-state index contributed by atoms with van der Waals surface area (Å²) in [7, 11) is 0. The summed E-state index contributed by atoms with van der Waals surface area (Å²) in [6.45, 7) is 4.43. The standard InChI is InChI=1S/C12H14N2O/c1-7-3-4-12-10-11(12,2)8(5-7)9(6-15)13-14(10)12/h3-6,8-10,13H,1-2H3/t8?,9?,10-,11-,12+,14?/m0/s1. The monoisotopic (exact) mass is 202 g/mol. The molecule has 1 saturated carbocycles. The second kappa shape index (κ2) is 1.97. The molecule has 3 aliphatic heterocycles. The second-order valence-corrected chi connectivity index (χ2v) is 5.44. The zero-order valence-corrected chi connectivity index (χ0v) is 8.90. The number of aldehydes is 1. The maximum absolute atomic E-state index is 11.1. The molecule has 2 aliphatic carbocycles. The summed E-state index contributed by atoms with van der Waals surface area (Å²) < 4.78 is 0. The Morgan fingerprint density at radius 1 is 1.60 bits per heavy atom. The molecule has 5 rings (SSSR count). The molecule has 3 nitrogen and oxygen atoms in total. The van der Waals surface area contributed by atoms with Crippen molar-refractivity contribution in [2.45, 2.75) is 31.5 Å². The number of carbonyl (C=O) groups is 1. The van der Waals surface area contributed by atoms with Crippen LogP contribution in [0.2, 0.25) is 0 Å². The zero-order valence-electron chi connectivity index (χ0n) is 8.90. The van der Waals surface area contributed by atoms with Crippen LogP contribution in [0.3, 0.4) is 0 Å². The largest absolute Gasteiger partial charge is 0.302 e. The van der Waals surface area contributed by atoms with Gasteiger partial charge in [0.1, 0.15) is 6.29 Å². The van der Waals surface area contributed by atoms with Gasteiger partial charge in [0.05, 0.1) is 17.6 Å². The van der Waals surface area contributed by atoms with E-state index in [2.05, 4.69) is 42.5 Å². The Labute approximate surface area is 88.8 Å². The minimum Gasteiger partial charge on any atom is -0.302 e. The maximum atomic E-state index is 11.1. The van der Waals surface area contributed by atoms with Gasteiger partial charge in [-0.3, -0.25) is 0 Å². The van der Waals surface area contributed by atoms with Gasteiger partial charge in [-0.15, -0.1) is 0 Å². The van der Waals surface area contributed by atoms with Gasteiger partial charge in [0.2, 0.25) is 0 Å². The molecule has 0 aromatic heterocycles. The first-order chi connectivity index (χ1) is 7.16. The highest BCUT2D eigenvalue weighted by atomic mass is 16.1. The molecule has 4 bridgehead atoms. The van der Waals surface area contributed by atoms with E-state index < -0.39 is 0 Å². The molecule has 4 fully saturated rings. The van der Waals surface area contributed by atoms with Crippen molar-refractivity contribution in [3.05, 3.63) is 23.8 Å². The fraction of sp³-hybridized carbons (Fsp3) is 0.583. The lowest BCUT2D eigenvalue weighted by Gasteiger charge is -2.44. The van der Waals surface area contributed by atoms with Crippen LogP contribution in [0.25, 0.3) is 0 Å². The van der Waals surface area contributed by atoms with Crippen LogP contribution < -0.4 is 5.43 Å². The van der Waals surface area contributed by atoms with Crippen molar-refractivity contribution in [1.82, 2.24) is 10.4 Å². The van der Waals surface area contributed by atoms with E-state index in [0.29, 0.717) is 17.4 Å². The topological polar surface area (TPSA) is 32.1 Å². The summed E-state index contributed by atoms with van der Waals surface area (Å²) in [4.78, 5) is 11.1. The van der Waals surface area contributed by atoms with E-state index in [-0.39, 0.29) is 11.6 Å². The predicted molar refractivity (Wildman–Crippen MR) is 55.8 cm³/mol. The molecule has 0 aromatic carbocycles. The number of nitrogens with one attached hydrogen (secondary N) is 1. The van der Waals surface area contributed by atoms with Gasteiger partial charge >= 0.3 is 0 Å². The highest BCUT2D eigenvalue weighted by Gasteiger charge is 2.96. The van der Waals surface area contributed by atoms with Crippen molar-refractivity contribution in [3.8, 4) is 0 Å². The number of hydrogen-bond acceptors (Lipinski definition) is 3. The van der Waals surface area contributed by atoms with E-state index in [4.69, 9.17) is 0 Å². The summed E-state index contributed by atoms with van der Waals surface area (Å²) in [5.74, 6) is 0.361. The van der Waals surface area contributed by atoms with Crippen molar-refractivity contribution in [2.75, 3.05) is 0 Å². The molecule has 6 atom stereocenters. The van der Waals surface area contributed by atoms with E-state index in [9.17, 15) is 4.79 Å². The molecule has 0 aromatic rings. The van der Waals surface area contributed by atoms with E-state index in [1.165, 1.54) is 5.57 Å². The Morgan fingerprint density at radius 2 is 2.40 bits per heavy atom. The average molecular weight is 202 g/mol. The molecule has 5 aliphatic rings. The zero-order chi connectivity index (χ0) is 10.4. The summed E-state index contributed by atoms with van der Waals surface area (Å²) in [5, 5.41) is 2.24. The Bertz CT molecular complexity index is 441. The Kier molecular flexibility index (Phi) is 1.08. The van der Waals surface area contributed by atoms with Gasteiger partial charge in [-0.2, -0.15) is 0 Å². The third-order valence-corrected chi connectivity index (χ3v) is 4.91. The van der Waals surface area contributed by atoms with Gasteiger partial charge in [0.25, 0.3) is 0 Å². The SMILES string of the molecule is CC1=CC2C(C=O)NN3[C@H]4[C@@]2(C)[C@@]43C=C1. The number of fused-ring (bicyclic) bond motifs is 1. The van der Waals surface area contributed by atoms with E-state index in [0.717, 1.165) is 6.29 Å². The molecule has 3 heteroatoms. The van der Waals surface area contributed by atoms with Crippen LogP contribution in [0, 0.1) is 11.3 Å². The van der Waals surface area contributed by atoms with E-state index in [1.807, 2.05) is 0 Å². The predicted octanol–water partition coefficient (Wildman–Crippen LogP) is 0.647. The maximum Gasteiger partial charge on any atom is 0.138 e. The first-order valence-corrected chi connectivity index (χ1v) is 5.55. The van der Waals surface area contributed by atoms with Crippen molar-refractivity contribution in [2.24, 2.45) is 11.3 Å². The lowest BCUT2D eigenvalue weighted by molar-refractivity contribution is -0.116. The number of allylic oxidation sites excluding steroid dienone is 2. The van der Waals surface area contributed by atoms with Crippen LogP contribution in [0.15, 0.2) is 23.8 Å². The fourth-order valence-corrected chi connectivity index (χ4v) is 3.98. The number of carbonyl (C=O) groups excluding carboxylic acids is 1. The first-order valence-electron chi connectivity index (χ1n) is 5.55. The van der Waals surface area contributed by atoms with E-state index >= 15 is 0 Å². The first kappa shape index (κ1) is 8.25. The van der Waals surface area contributed by atoms with Crippen molar-refractivity contribution in [3.63, 3.8) is 0 Å². The molecule has 3 saturated heterocycles. The minimum absolute atomic E-state index is 0.0308. The minimum atomic E-state index is -0.0308.